The predicted molar refractivity (Wildman–Crippen MR) is 116 cm³/mol. The molecular weight excluding hydrogens is 405 g/mol. The number of halogens is 2. The predicted octanol–water partition coefficient (Wildman–Crippen LogP) is 6.35. The van der Waals surface area contributed by atoms with Crippen LogP contribution in [0.4, 0.5) is 10.1 Å². The van der Waals surface area contributed by atoms with Crippen LogP contribution in [-0.4, -0.2) is 17.5 Å². The Bertz CT molecular complexity index is 1070. The van der Waals surface area contributed by atoms with E-state index in [1.54, 1.807) is 63.2 Å². The summed E-state index contributed by atoms with van der Waals surface area (Å²) in [6.45, 7) is 5.25. The van der Waals surface area contributed by atoms with Crippen molar-refractivity contribution in [1.82, 2.24) is 0 Å². The van der Waals surface area contributed by atoms with Crippen molar-refractivity contribution in [3.05, 3.63) is 88.7 Å². The van der Waals surface area contributed by atoms with E-state index in [0.717, 1.165) is 0 Å². The maximum atomic E-state index is 14.4. The molecule has 0 unspecified atom stereocenters. The van der Waals surface area contributed by atoms with Crippen LogP contribution in [0.15, 0.2) is 66.7 Å². The fraction of sp³-hybridized carbons (Fsp3) is 0.167. The number of amides is 1. The maximum Gasteiger partial charge on any atom is 0.340 e. The molecule has 0 aromatic heterocycles. The van der Waals surface area contributed by atoms with E-state index in [1.165, 1.54) is 24.3 Å². The molecule has 0 bridgehead atoms. The molecule has 0 heterocycles. The highest BCUT2D eigenvalue weighted by atomic mass is 35.5. The molecule has 0 aliphatic rings. The highest BCUT2D eigenvalue weighted by Gasteiger charge is 2.23. The second-order valence-electron chi connectivity index (χ2n) is 7.68. The molecule has 30 heavy (non-hydrogen) atoms. The van der Waals surface area contributed by atoms with Gasteiger partial charge in [0.1, 0.15) is 11.4 Å². The Morgan fingerprint density at radius 1 is 0.967 bits per heavy atom. The molecule has 4 nitrogen and oxygen atoms in total. The van der Waals surface area contributed by atoms with Crippen LogP contribution in [0.3, 0.4) is 0 Å². The van der Waals surface area contributed by atoms with E-state index in [9.17, 15) is 14.0 Å². The summed E-state index contributed by atoms with van der Waals surface area (Å²) >= 11 is 6.19. The van der Waals surface area contributed by atoms with Gasteiger partial charge in [0.25, 0.3) is 5.91 Å². The van der Waals surface area contributed by atoms with E-state index in [1.807, 2.05) is 0 Å². The van der Waals surface area contributed by atoms with Gasteiger partial charge in [0.05, 0.1) is 16.3 Å². The summed E-state index contributed by atoms with van der Waals surface area (Å²) < 4.78 is 19.9. The summed E-state index contributed by atoms with van der Waals surface area (Å²) in [5.74, 6) is -1.51. The molecule has 3 aromatic carbocycles. The van der Waals surface area contributed by atoms with E-state index in [4.69, 9.17) is 16.3 Å². The molecular formula is C24H21ClFNO3. The van der Waals surface area contributed by atoms with Crippen molar-refractivity contribution in [1.29, 1.82) is 0 Å². The molecule has 0 saturated carbocycles. The lowest BCUT2D eigenvalue weighted by atomic mass is 10.0. The number of benzene rings is 3. The quantitative estimate of drug-likeness (QED) is 0.495. The summed E-state index contributed by atoms with van der Waals surface area (Å²) in [7, 11) is 0. The van der Waals surface area contributed by atoms with Gasteiger partial charge in [-0.2, -0.15) is 0 Å². The molecule has 0 atom stereocenters. The number of ether oxygens (including phenoxy) is 1. The van der Waals surface area contributed by atoms with Gasteiger partial charge in [-0.15, -0.1) is 0 Å². The minimum atomic E-state index is -0.717. The SMILES string of the molecule is CC(C)(C)OC(=O)c1ccc(-c2c(F)cccc2Cl)cc1NC(=O)c1ccccc1. The largest absolute Gasteiger partial charge is 0.456 e. The Hall–Kier alpha value is -3.18. The number of nitrogens with one attached hydrogen (secondary N) is 1. The van der Waals surface area contributed by atoms with Crippen molar-refractivity contribution < 1.29 is 18.7 Å². The Morgan fingerprint density at radius 3 is 2.30 bits per heavy atom. The molecule has 0 aliphatic heterocycles. The van der Waals surface area contributed by atoms with E-state index < -0.39 is 23.3 Å². The Balaban J connectivity index is 2.07. The first-order valence-corrected chi connectivity index (χ1v) is 9.72. The topological polar surface area (TPSA) is 55.4 Å². The number of hydrogen-bond donors (Lipinski definition) is 1. The third-order valence-corrected chi connectivity index (χ3v) is 4.49. The highest BCUT2D eigenvalue weighted by Crippen LogP contribution is 2.34. The van der Waals surface area contributed by atoms with Gasteiger partial charge in [-0.1, -0.05) is 41.9 Å². The minimum absolute atomic E-state index is 0.158. The fourth-order valence-electron chi connectivity index (χ4n) is 2.87. The molecule has 3 aromatic rings. The zero-order valence-corrected chi connectivity index (χ0v) is 17.6. The van der Waals surface area contributed by atoms with Crippen LogP contribution in [0.2, 0.25) is 5.02 Å². The molecule has 0 fully saturated rings. The normalized spacial score (nSPS) is 11.1. The van der Waals surface area contributed by atoms with Crippen LogP contribution in [-0.2, 0) is 4.74 Å². The molecule has 0 saturated heterocycles. The number of hydrogen-bond acceptors (Lipinski definition) is 3. The van der Waals surface area contributed by atoms with Crippen LogP contribution in [0.25, 0.3) is 11.1 Å². The minimum Gasteiger partial charge on any atom is -0.456 e. The molecule has 0 radical (unpaired) electrons. The van der Waals surface area contributed by atoms with Gasteiger partial charge in [-0.25, -0.2) is 9.18 Å². The van der Waals surface area contributed by atoms with Crippen molar-refractivity contribution in [3.8, 4) is 11.1 Å². The number of rotatable bonds is 4. The molecule has 6 heteroatoms. The summed E-state index contributed by atoms with van der Waals surface area (Å²) in [6.07, 6.45) is 0. The average Bonchev–Trinajstić information content (AvgIpc) is 2.67. The van der Waals surface area contributed by atoms with Gasteiger partial charge in [0, 0.05) is 11.1 Å². The second kappa shape index (κ2) is 8.67. The lowest BCUT2D eigenvalue weighted by Crippen LogP contribution is -2.25. The van der Waals surface area contributed by atoms with Gasteiger partial charge in [-0.05, 0) is 62.7 Å². The molecule has 3 rings (SSSR count). The first-order chi connectivity index (χ1) is 14.2. The van der Waals surface area contributed by atoms with E-state index >= 15 is 0 Å². The van der Waals surface area contributed by atoms with Crippen molar-refractivity contribution in [3.63, 3.8) is 0 Å². The third kappa shape index (κ3) is 5.05. The zero-order valence-electron chi connectivity index (χ0n) is 16.8. The van der Waals surface area contributed by atoms with Crippen molar-refractivity contribution >= 4 is 29.2 Å². The van der Waals surface area contributed by atoms with Crippen LogP contribution in [0, 0.1) is 5.82 Å². The third-order valence-electron chi connectivity index (χ3n) is 4.17. The van der Waals surface area contributed by atoms with Gasteiger partial charge in [0.15, 0.2) is 0 Å². The van der Waals surface area contributed by atoms with Crippen molar-refractivity contribution in [2.45, 2.75) is 26.4 Å². The van der Waals surface area contributed by atoms with Crippen LogP contribution < -0.4 is 5.32 Å². The fourth-order valence-corrected chi connectivity index (χ4v) is 3.14. The van der Waals surface area contributed by atoms with Crippen LogP contribution >= 0.6 is 11.6 Å². The van der Waals surface area contributed by atoms with Crippen molar-refractivity contribution in [2.75, 3.05) is 5.32 Å². The summed E-state index contributed by atoms with van der Waals surface area (Å²) in [5.41, 5.74) is 0.673. The zero-order chi connectivity index (χ0) is 21.9. The molecule has 154 valence electrons. The van der Waals surface area contributed by atoms with Gasteiger partial charge < -0.3 is 10.1 Å². The van der Waals surface area contributed by atoms with E-state index in [0.29, 0.717) is 11.1 Å². The highest BCUT2D eigenvalue weighted by molar-refractivity contribution is 6.33. The standard InChI is InChI=1S/C24H21ClFNO3/c1-24(2,3)30-23(29)17-13-12-16(21-18(25)10-7-11-19(21)26)14-20(17)27-22(28)15-8-5-4-6-9-15/h4-14H,1-3H3,(H,27,28). The summed E-state index contributed by atoms with van der Waals surface area (Å²) in [6, 6.07) is 17.5. The average molecular weight is 426 g/mol. The number of anilines is 1. The monoisotopic (exact) mass is 425 g/mol. The molecule has 0 spiro atoms. The number of carbonyl (C=O) groups excluding carboxylic acids is 2. The first kappa shape index (κ1) is 21.5. The van der Waals surface area contributed by atoms with Crippen molar-refractivity contribution in [2.24, 2.45) is 0 Å². The molecule has 1 N–H and O–H groups in total. The Kier molecular flexibility index (Phi) is 6.22. The molecule has 1 amide bonds. The van der Waals surface area contributed by atoms with E-state index in [-0.39, 0.29) is 21.8 Å². The summed E-state index contributed by atoms with van der Waals surface area (Å²) in [4.78, 5) is 25.4. The number of carbonyl (C=O) groups is 2. The smallest absolute Gasteiger partial charge is 0.340 e. The summed E-state index contributed by atoms with van der Waals surface area (Å²) in [5, 5.41) is 2.96. The van der Waals surface area contributed by atoms with Crippen LogP contribution in [0.1, 0.15) is 41.5 Å². The lowest BCUT2D eigenvalue weighted by molar-refractivity contribution is 0.00708. The number of esters is 1. The maximum absolute atomic E-state index is 14.4. The van der Waals surface area contributed by atoms with Gasteiger partial charge >= 0.3 is 5.97 Å². The van der Waals surface area contributed by atoms with E-state index in [2.05, 4.69) is 5.32 Å². The van der Waals surface area contributed by atoms with Crippen LogP contribution in [0.5, 0.6) is 0 Å². The van der Waals surface area contributed by atoms with Gasteiger partial charge in [-0.3, -0.25) is 4.79 Å². The van der Waals surface area contributed by atoms with Gasteiger partial charge in [0.2, 0.25) is 0 Å². The second-order valence-corrected chi connectivity index (χ2v) is 8.09. The Morgan fingerprint density at radius 2 is 1.67 bits per heavy atom. The first-order valence-electron chi connectivity index (χ1n) is 9.34. The molecule has 0 aliphatic carbocycles. The Labute approximate surface area is 179 Å². The lowest BCUT2D eigenvalue weighted by Gasteiger charge is -2.21.